The van der Waals surface area contributed by atoms with Gasteiger partial charge in [-0.05, 0) is 43.3 Å². The topological polar surface area (TPSA) is 88.4 Å². The lowest BCUT2D eigenvalue weighted by atomic mass is 10.1. The van der Waals surface area contributed by atoms with E-state index in [1.807, 2.05) is 6.92 Å². The molecule has 2 amide bonds. The molecule has 2 N–H and O–H groups in total. The number of amides is 2. The number of ketones is 1. The smallest absolute Gasteiger partial charge is 0.296 e. The fourth-order valence-electron chi connectivity index (χ4n) is 2.26. The van der Waals surface area contributed by atoms with E-state index in [2.05, 4.69) is 10.6 Å². The van der Waals surface area contributed by atoms with Gasteiger partial charge in [-0.1, -0.05) is 29.8 Å². The number of aryl methyl sites for hydroxylation is 1. The molecule has 0 aliphatic carbocycles. The minimum absolute atomic E-state index is 0.200. The van der Waals surface area contributed by atoms with Gasteiger partial charge in [0.15, 0.2) is 5.76 Å². The van der Waals surface area contributed by atoms with Crippen molar-refractivity contribution >= 4 is 29.0 Å². The summed E-state index contributed by atoms with van der Waals surface area (Å²) in [5, 5.41) is 5.21. The summed E-state index contributed by atoms with van der Waals surface area (Å²) in [5.74, 6) is -1.51. The third-order valence-corrected chi connectivity index (χ3v) is 3.67. The Morgan fingerprint density at radius 3 is 2.00 bits per heavy atom. The average molecular weight is 348 g/mol. The third kappa shape index (κ3) is 4.05. The van der Waals surface area contributed by atoms with E-state index in [-0.39, 0.29) is 11.7 Å². The minimum atomic E-state index is -0.721. The third-order valence-electron chi connectivity index (χ3n) is 3.67. The summed E-state index contributed by atoms with van der Waals surface area (Å²) in [5.41, 5.74) is 2.32. The molecule has 0 spiro atoms. The van der Waals surface area contributed by atoms with Crippen LogP contribution in [-0.2, 0) is 4.79 Å². The van der Waals surface area contributed by atoms with Crippen LogP contribution in [0.15, 0.2) is 71.3 Å². The Morgan fingerprint density at radius 2 is 1.42 bits per heavy atom. The van der Waals surface area contributed by atoms with Crippen LogP contribution in [0.1, 0.15) is 26.5 Å². The van der Waals surface area contributed by atoms with Crippen LogP contribution < -0.4 is 10.6 Å². The van der Waals surface area contributed by atoms with Gasteiger partial charge >= 0.3 is 0 Å². The summed E-state index contributed by atoms with van der Waals surface area (Å²) < 4.78 is 5.01. The lowest BCUT2D eigenvalue weighted by Crippen LogP contribution is -2.22. The van der Waals surface area contributed by atoms with Crippen molar-refractivity contribution in [3.8, 4) is 0 Å². The van der Waals surface area contributed by atoms with Crippen molar-refractivity contribution in [3.63, 3.8) is 0 Å². The van der Waals surface area contributed by atoms with Gasteiger partial charge in [0.25, 0.3) is 17.6 Å². The molecule has 1 heterocycles. The van der Waals surface area contributed by atoms with Crippen LogP contribution in [0.2, 0.25) is 0 Å². The Hall–Kier alpha value is -3.67. The Bertz CT molecular complexity index is 927. The normalized spacial score (nSPS) is 10.2. The van der Waals surface area contributed by atoms with Gasteiger partial charge in [-0.3, -0.25) is 14.4 Å². The van der Waals surface area contributed by atoms with Crippen LogP contribution in [0.4, 0.5) is 11.4 Å². The fourth-order valence-corrected chi connectivity index (χ4v) is 2.26. The van der Waals surface area contributed by atoms with E-state index in [0.717, 1.165) is 5.56 Å². The van der Waals surface area contributed by atoms with E-state index in [0.29, 0.717) is 16.9 Å². The lowest BCUT2D eigenvalue weighted by Gasteiger charge is -2.07. The summed E-state index contributed by atoms with van der Waals surface area (Å²) >= 11 is 0. The molecule has 0 aliphatic rings. The van der Waals surface area contributed by atoms with Crippen molar-refractivity contribution in [3.05, 3.63) is 83.8 Å². The standard InChI is InChI=1S/C20H16N2O4/c1-13-4-6-14(7-5-13)18(23)20(25)22-16-10-8-15(9-11-16)21-19(24)17-3-2-12-26-17/h2-12H,1H3,(H,21,24)(H,22,25). The molecule has 130 valence electrons. The largest absolute Gasteiger partial charge is 0.459 e. The number of benzene rings is 2. The molecule has 3 rings (SSSR count). The number of carbonyl (C=O) groups excluding carboxylic acids is 3. The van der Waals surface area contributed by atoms with E-state index in [4.69, 9.17) is 4.42 Å². The van der Waals surface area contributed by atoms with Gasteiger partial charge in [0.1, 0.15) is 0 Å². The molecular formula is C20H16N2O4. The predicted octanol–water partition coefficient (Wildman–Crippen LogP) is 3.66. The first-order valence-electron chi connectivity index (χ1n) is 7.90. The number of nitrogens with one attached hydrogen (secondary N) is 2. The van der Waals surface area contributed by atoms with Crippen LogP contribution in [0.5, 0.6) is 0 Å². The predicted molar refractivity (Wildman–Crippen MR) is 97.2 cm³/mol. The highest BCUT2D eigenvalue weighted by Crippen LogP contribution is 2.15. The van der Waals surface area contributed by atoms with E-state index in [1.165, 1.54) is 6.26 Å². The molecule has 0 fully saturated rings. The molecule has 0 saturated heterocycles. The number of rotatable bonds is 5. The van der Waals surface area contributed by atoms with Crippen LogP contribution in [0, 0.1) is 6.92 Å². The molecule has 6 nitrogen and oxygen atoms in total. The SMILES string of the molecule is Cc1ccc(C(=O)C(=O)Nc2ccc(NC(=O)c3ccco3)cc2)cc1. The molecule has 2 aromatic carbocycles. The maximum Gasteiger partial charge on any atom is 0.296 e. The van der Waals surface area contributed by atoms with Crippen molar-refractivity contribution in [2.75, 3.05) is 10.6 Å². The molecule has 0 aliphatic heterocycles. The number of hydrogen-bond donors (Lipinski definition) is 2. The van der Waals surface area contributed by atoms with Crippen molar-refractivity contribution < 1.29 is 18.8 Å². The Labute approximate surface area is 149 Å². The maximum atomic E-state index is 12.1. The molecular weight excluding hydrogens is 332 g/mol. The zero-order valence-corrected chi connectivity index (χ0v) is 14.0. The highest BCUT2D eigenvalue weighted by molar-refractivity contribution is 6.46. The first-order valence-corrected chi connectivity index (χ1v) is 7.90. The number of hydrogen-bond acceptors (Lipinski definition) is 4. The van der Waals surface area contributed by atoms with Crippen molar-refractivity contribution in [2.45, 2.75) is 6.92 Å². The summed E-state index contributed by atoms with van der Waals surface area (Å²) in [4.78, 5) is 36.1. The van der Waals surface area contributed by atoms with Crippen LogP contribution >= 0.6 is 0 Å². The van der Waals surface area contributed by atoms with Crippen LogP contribution in [0.25, 0.3) is 0 Å². The quantitative estimate of drug-likeness (QED) is 0.544. The zero-order chi connectivity index (χ0) is 18.5. The summed E-state index contributed by atoms with van der Waals surface area (Å²) in [6, 6.07) is 16.4. The van der Waals surface area contributed by atoms with E-state index >= 15 is 0 Å². The monoisotopic (exact) mass is 348 g/mol. The lowest BCUT2D eigenvalue weighted by molar-refractivity contribution is -0.112. The van der Waals surface area contributed by atoms with Gasteiger partial charge in [0.05, 0.1) is 6.26 Å². The number of carbonyl (C=O) groups is 3. The van der Waals surface area contributed by atoms with E-state index in [1.54, 1.807) is 60.7 Å². The molecule has 0 radical (unpaired) electrons. The molecule has 6 heteroatoms. The highest BCUT2D eigenvalue weighted by Gasteiger charge is 2.16. The van der Waals surface area contributed by atoms with Gasteiger partial charge in [0, 0.05) is 16.9 Å². The van der Waals surface area contributed by atoms with E-state index in [9.17, 15) is 14.4 Å². The highest BCUT2D eigenvalue weighted by atomic mass is 16.3. The van der Waals surface area contributed by atoms with Crippen LogP contribution in [-0.4, -0.2) is 17.6 Å². The van der Waals surface area contributed by atoms with Crippen LogP contribution in [0.3, 0.4) is 0 Å². The van der Waals surface area contributed by atoms with Gasteiger partial charge in [-0.15, -0.1) is 0 Å². The van der Waals surface area contributed by atoms with Crippen molar-refractivity contribution in [1.29, 1.82) is 0 Å². The Balaban J connectivity index is 1.61. The first-order chi connectivity index (χ1) is 12.5. The molecule has 0 saturated carbocycles. The first kappa shape index (κ1) is 17.2. The van der Waals surface area contributed by atoms with Crippen molar-refractivity contribution in [2.24, 2.45) is 0 Å². The second-order valence-corrected chi connectivity index (χ2v) is 5.66. The maximum absolute atomic E-state index is 12.1. The van der Waals surface area contributed by atoms with Gasteiger partial charge < -0.3 is 15.1 Å². The molecule has 26 heavy (non-hydrogen) atoms. The molecule has 0 unspecified atom stereocenters. The number of Topliss-reactive ketones (excluding diaryl/α,β-unsaturated/α-hetero) is 1. The fraction of sp³-hybridized carbons (Fsp3) is 0.0500. The zero-order valence-electron chi connectivity index (χ0n) is 14.0. The Kier molecular flexibility index (Phi) is 4.94. The summed E-state index contributed by atoms with van der Waals surface area (Å²) in [6.07, 6.45) is 1.42. The van der Waals surface area contributed by atoms with Crippen molar-refractivity contribution in [1.82, 2.24) is 0 Å². The van der Waals surface area contributed by atoms with Gasteiger partial charge in [0.2, 0.25) is 0 Å². The summed E-state index contributed by atoms with van der Waals surface area (Å²) in [7, 11) is 0. The second-order valence-electron chi connectivity index (χ2n) is 5.66. The Morgan fingerprint density at radius 1 is 0.808 bits per heavy atom. The minimum Gasteiger partial charge on any atom is -0.459 e. The van der Waals surface area contributed by atoms with E-state index < -0.39 is 11.7 Å². The van der Waals surface area contributed by atoms with Gasteiger partial charge in [-0.25, -0.2) is 0 Å². The molecule has 3 aromatic rings. The molecule has 0 bridgehead atoms. The second kappa shape index (κ2) is 7.48. The molecule has 0 atom stereocenters. The summed E-state index contributed by atoms with van der Waals surface area (Å²) in [6.45, 7) is 1.90. The number of furan rings is 1. The molecule has 1 aromatic heterocycles. The van der Waals surface area contributed by atoms with Gasteiger partial charge in [-0.2, -0.15) is 0 Å². The number of anilines is 2. The average Bonchev–Trinajstić information content (AvgIpc) is 3.18.